The molecule has 0 aliphatic heterocycles. The molecule has 5 heteroatoms. The van der Waals surface area contributed by atoms with Gasteiger partial charge in [0, 0.05) is 88.2 Å². The van der Waals surface area contributed by atoms with Crippen molar-refractivity contribution in [3.63, 3.8) is 0 Å². The molecule has 2 heterocycles. The van der Waals surface area contributed by atoms with E-state index in [0.717, 1.165) is 78.7 Å². The molecule has 0 unspecified atom stereocenters. The predicted molar refractivity (Wildman–Crippen MR) is 319 cm³/mol. The lowest BCUT2D eigenvalue weighted by Crippen LogP contribution is -2.13. The Hall–Kier alpha value is -9.68. The maximum absolute atomic E-state index is 6.51. The fraction of sp³-hybridized carbons (Fsp3) is 0. The molecule has 0 fully saturated rings. The van der Waals surface area contributed by atoms with Crippen LogP contribution in [0, 0.1) is 0 Å². The maximum atomic E-state index is 6.51. The van der Waals surface area contributed by atoms with Crippen molar-refractivity contribution in [3.8, 4) is 22.3 Å². The highest BCUT2D eigenvalue weighted by Crippen LogP contribution is 2.46. The standard InChI is InChI=1S/C70H47N3OS/c1-4-22-52(23-5-1)71(53-24-6-2-7-25-53)57-30-17-31-58(45-57)73(59-37-39-64-63-33-12-13-35-67(63)74-68(64)46-59)60-38-40-65-66-44-50(36-41-69(66)75-70(65)47-60)49-20-14-28-55(42-49)72(54-26-8-3-9-27-54)56-29-15-21-51(43-56)62-34-16-19-48-18-10-11-32-61(48)62/h1-47H. The van der Waals surface area contributed by atoms with E-state index in [1.165, 1.54) is 47.6 Å². The van der Waals surface area contributed by atoms with Crippen LogP contribution in [0.4, 0.5) is 51.2 Å². The lowest BCUT2D eigenvalue weighted by molar-refractivity contribution is 0.669. The Balaban J connectivity index is 0.858. The number of furan rings is 1. The van der Waals surface area contributed by atoms with Gasteiger partial charge in [-0.2, -0.15) is 0 Å². The highest BCUT2D eigenvalue weighted by molar-refractivity contribution is 7.25. The minimum atomic E-state index is 0.853. The minimum absolute atomic E-state index is 0.853. The zero-order valence-corrected chi connectivity index (χ0v) is 41.6. The van der Waals surface area contributed by atoms with E-state index in [1.54, 1.807) is 0 Å². The SMILES string of the molecule is c1ccc(N(c2cccc(-c3ccc4sc5cc(N(c6cccc(N(c7ccccc7)c7ccccc7)c6)c6ccc7c(c6)oc6ccccc67)ccc5c4c3)c2)c2cccc(-c3cccc4ccccc34)c2)cc1. The van der Waals surface area contributed by atoms with Gasteiger partial charge in [0.25, 0.3) is 0 Å². The number of fused-ring (bicyclic) bond motifs is 7. The van der Waals surface area contributed by atoms with Crippen molar-refractivity contribution >= 4 is 115 Å². The molecule has 0 aliphatic rings. The van der Waals surface area contributed by atoms with Gasteiger partial charge in [-0.15, -0.1) is 11.3 Å². The van der Waals surface area contributed by atoms with Gasteiger partial charge >= 0.3 is 0 Å². The third-order valence-corrected chi connectivity index (χ3v) is 15.5. The van der Waals surface area contributed by atoms with Crippen LogP contribution in [0.3, 0.4) is 0 Å². The lowest BCUT2D eigenvalue weighted by atomic mass is 9.97. The van der Waals surface area contributed by atoms with Crippen LogP contribution in [0.25, 0.3) is 75.1 Å². The third-order valence-electron chi connectivity index (χ3n) is 14.4. The summed E-state index contributed by atoms with van der Waals surface area (Å²) in [5.74, 6) is 0. The second kappa shape index (κ2) is 18.7. The number of hydrogen-bond acceptors (Lipinski definition) is 5. The summed E-state index contributed by atoms with van der Waals surface area (Å²) in [6.45, 7) is 0. The Kier molecular flexibility index (Phi) is 11.0. The first-order valence-electron chi connectivity index (χ1n) is 25.4. The van der Waals surface area contributed by atoms with E-state index in [1.807, 2.05) is 23.5 Å². The number of para-hydroxylation sites is 4. The van der Waals surface area contributed by atoms with Gasteiger partial charge in [0.1, 0.15) is 11.2 Å². The number of nitrogens with zero attached hydrogens (tertiary/aromatic N) is 3. The van der Waals surface area contributed by atoms with E-state index < -0.39 is 0 Å². The van der Waals surface area contributed by atoms with Gasteiger partial charge in [0.15, 0.2) is 0 Å². The largest absolute Gasteiger partial charge is 0.456 e. The number of hydrogen-bond donors (Lipinski definition) is 0. The molecule has 0 radical (unpaired) electrons. The first-order chi connectivity index (χ1) is 37.2. The van der Waals surface area contributed by atoms with Crippen LogP contribution in [-0.4, -0.2) is 0 Å². The van der Waals surface area contributed by atoms with Crippen molar-refractivity contribution < 1.29 is 4.42 Å². The van der Waals surface area contributed by atoms with Crippen molar-refractivity contribution in [2.24, 2.45) is 0 Å². The fourth-order valence-electron chi connectivity index (χ4n) is 10.9. The summed E-state index contributed by atoms with van der Waals surface area (Å²) in [6, 6.07) is 103. The first-order valence-corrected chi connectivity index (χ1v) is 26.2. The summed E-state index contributed by atoms with van der Waals surface area (Å²) in [4.78, 5) is 7.05. The molecule has 14 aromatic rings. The molecule has 75 heavy (non-hydrogen) atoms. The van der Waals surface area contributed by atoms with Crippen molar-refractivity contribution in [2.45, 2.75) is 0 Å². The molecule has 4 nitrogen and oxygen atoms in total. The molecule has 12 aromatic carbocycles. The molecule has 0 amide bonds. The highest BCUT2D eigenvalue weighted by Gasteiger charge is 2.21. The Labute approximate surface area is 439 Å². The number of anilines is 9. The van der Waals surface area contributed by atoms with Crippen LogP contribution in [0.1, 0.15) is 0 Å². The van der Waals surface area contributed by atoms with E-state index in [-0.39, 0.29) is 0 Å². The van der Waals surface area contributed by atoms with Gasteiger partial charge in [0.2, 0.25) is 0 Å². The maximum Gasteiger partial charge on any atom is 0.137 e. The highest BCUT2D eigenvalue weighted by atomic mass is 32.1. The molecule has 0 bridgehead atoms. The summed E-state index contributed by atoms with van der Waals surface area (Å²) in [6.07, 6.45) is 0. The first kappa shape index (κ1) is 44.1. The van der Waals surface area contributed by atoms with E-state index in [9.17, 15) is 0 Å². The van der Waals surface area contributed by atoms with E-state index in [2.05, 4.69) is 288 Å². The average molecular weight is 978 g/mol. The van der Waals surface area contributed by atoms with Crippen LogP contribution >= 0.6 is 11.3 Å². The van der Waals surface area contributed by atoms with Crippen molar-refractivity contribution in [3.05, 3.63) is 285 Å². The van der Waals surface area contributed by atoms with Gasteiger partial charge in [-0.05, 0) is 154 Å². The van der Waals surface area contributed by atoms with E-state index in [4.69, 9.17) is 4.42 Å². The van der Waals surface area contributed by atoms with Crippen molar-refractivity contribution in [1.29, 1.82) is 0 Å². The molecule has 0 saturated carbocycles. The topological polar surface area (TPSA) is 22.9 Å². The molecule has 0 N–H and O–H groups in total. The Morgan fingerprint density at radius 1 is 0.240 bits per heavy atom. The summed E-state index contributed by atoms with van der Waals surface area (Å²) >= 11 is 1.84. The minimum Gasteiger partial charge on any atom is -0.456 e. The number of thiophene rings is 1. The van der Waals surface area contributed by atoms with Crippen molar-refractivity contribution in [2.75, 3.05) is 14.7 Å². The molecule has 0 aliphatic carbocycles. The summed E-state index contributed by atoms with van der Waals surface area (Å²) in [7, 11) is 0. The van der Waals surface area contributed by atoms with Crippen LogP contribution in [-0.2, 0) is 0 Å². The number of rotatable bonds is 11. The molecular formula is C70H47N3OS. The van der Waals surface area contributed by atoms with Gasteiger partial charge in [-0.3, -0.25) is 0 Å². The molecular weight excluding hydrogens is 931 g/mol. The zero-order chi connectivity index (χ0) is 49.7. The van der Waals surface area contributed by atoms with Crippen LogP contribution in [0.15, 0.2) is 290 Å². The molecule has 2 aromatic heterocycles. The molecule has 0 spiro atoms. The lowest BCUT2D eigenvalue weighted by Gasteiger charge is -2.29. The van der Waals surface area contributed by atoms with Gasteiger partial charge in [0.05, 0.1) is 0 Å². The van der Waals surface area contributed by atoms with Gasteiger partial charge < -0.3 is 19.1 Å². The Morgan fingerprint density at radius 3 is 1.41 bits per heavy atom. The van der Waals surface area contributed by atoms with Crippen molar-refractivity contribution in [1.82, 2.24) is 0 Å². The smallest absolute Gasteiger partial charge is 0.137 e. The van der Waals surface area contributed by atoms with Gasteiger partial charge in [-0.1, -0.05) is 158 Å². The second-order valence-corrected chi connectivity index (χ2v) is 20.0. The zero-order valence-electron chi connectivity index (χ0n) is 40.8. The summed E-state index contributed by atoms with van der Waals surface area (Å²) in [5.41, 5.74) is 16.1. The van der Waals surface area contributed by atoms with Crippen LogP contribution < -0.4 is 14.7 Å². The average Bonchev–Trinajstić information content (AvgIpc) is 4.04. The third kappa shape index (κ3) is 8.13. The van der Waals surface area contributed by atoms with Crippen LogP contribution in [0.2, 0.25) is 0 Å². The molecule has 14 rings (SSSR count). The molecule has 0 atom stereocenters. The normalized spacial score (nSPS) is 11.5. The quantitative estimate of drug-likeness (QED) is 0.129. The fourth-order valence-corrected chi connectivity index (χ4v) is 12.0. The Bertz CT molecular complexity index is 4350. The molecule has 354 valence electrons. The second-order valence-electron chi connectivity index (χ2n) is 18.9. The van der Waals surface area contributed by atoms with E-state index in [0.29, 0.717) is 0 Å². The predicted octanol–water partition coefficient (Wildman–Crippen LogP) is 20.9. The van der Waals surface area contributed by atoms with E-state index >= 15 is 0 Å². The molecule has 0 saturated heterocycles. The Morgan fingerprint density at radius 2 is 0.707 bits per heavy atom. The van der Waals surface area contributed by atoms with Gasteiger partial charge in [-0.25, -0.2) is 0 Å². The summed E-state index contributed by atoms with van der Waals surface area (Å²) < 4.78 is 8.98. The monoisotopic (exact) mass is 977 g/mol. The summed E-state index contributed by atoms with van der Waals surface area (Å²) in [5, 5.41) is 7.17. The van der Waals surface area contributed by atoms with Crippen LogP contribution in [0.5, 0.6) is 0 Å². The number of benzene rings is 12.